The van der Waals surface area contributed by atoms with E-state index in [1.807, 2.05) is 0 Å². The molecule has 0 bridgehead atoms. The van der Waals surface area contributed by atoms with Crippen LogP contribution in [0, 0.1) is 23.2 Å². The second kappa shape index (κ2) is 7.74. The number of nitriles is 1. The van der Waals surface area contributed by atoms with Gasteiger partial charge >= 0.3 is 0 Å². The molecule has 0 saturated heterocycles. The first kappa shape index (κ1) is 16.3. The van der Waals surface area contributed by atoms with Crippen LogP contribution in [-0.2, 0) is 0 Å². The largest absolute Gasteiger partial charge is 0.395 e. The smallest absolute Gasteiger partial charge is 0.153 e. The Labute approximate surface area is 122 Å². The summed E-state index contributed by atoms with van der Waals surface area (Å²) in [7, 11) is 0. The fraction of sp³-hybridized carbons (Fsp3) is 0.625. The zero-order chi connectivity index (χ0) is 15.1. The summed E-state index contributed by atoms with van der Waals surface area (Å²) in [6, 6.07) is 3.80. The first-order valence-corrected chi connectivity index (χ1v) is 7.35. The monoisotopic (exact) mass is 274 g/mol. The van der Waals surface area contributed by atoms with Gasteiger partial charge in [-0.1, -0.05) is 27.7 Å². The Balaban J connectivity index is 2.94. The van der Waals surface area contributed by atoms with Crippen LogP contribution in [0.15, 0.2) is 12.3 Å². The predicted molar refractivity (Wildman–Crippen MR) is 84.5 cm³/mol. The lowest BCUT2D eigenvalue weighted by Crippen LogP contribution is -2.29. The maximum Gasteiger partial charge on any atom is 0.153 e. The number of nitrogen functional groups attached to an aromatic ring is 1. The van der Waals surface area contributed by atoms with E-state index in [-0.39, 0.29) is 0 Å². The van der Waals surface area contributed by atoms with Crippen LogP contribution >= 0.6 is 0 Å². The molecule has 110 valence electrons. The van der Waals surface area contributed by atoms with Crippen molar-refractivity contribution in [2.24, 2.45) is 11.8 Å². The molecule has 1 heterocycles. The Morgan fingerprint density at radius 2 is 1.75 bits per heavy atom. The van der Waals surface area contributed by atoms with Crippen molar-refractivity contribution in [1.82, 2.24) is 4.98 Å². The third-order valence-corrected chi connectivity index (χ3v) is 3.34. The van der Waals surface area contributed by atoms with E-state index in [2.05, 4.69) is 43.6 Å². The van der Waals surface area contributed by atoms with Crippen LogP contribution in [0.5, 0.6) is 0 Å². The first-order chi connectivity index (χ1) is 9.45. The molecule has 0 atom stereocenters. The van der Waals surface area contributed by atoms with Crippen LogP contribution in [-0.4, -0.2) is 18.1 Å². The Bertz CT molecular complexity index is 448. The van der Waals surface area contributed by atoms with Gasteiger partial charge in [-0.2, -0.15) is 5.26 Å². The molecule has 4 nitrogen and oxygen atoms in total. The molecular formula is C16H26N4. The zero-order valence-electron chi connectivity index (χ0n) is 13.1. The van der Waals surface area contributed by atoms with Crippen molar-refractivity contribution in [3.63, 3.8) is 0 Å². The number of rotatable bonds is 7. The minimum atomic E-state index is 0.502. The van der Waals surface area contributed by atoms with Crippen LogP contribution in [0.3, 0.4) is 0 Å². The molecule has 20 heavy (non-hydrogen) atoms. The minimum Gasteiger partial charge on any atom is -0.395 e. The van der Waals surface area contributed by atoms with E-state index >= 15 is 0 Å². The van der Waals surface area contributed by atoms with E-state index in [0.29, 0.717) is 23.1 Å². The van der Waals surface area contributed by atoms with Gasteiger partial charge in [0.2, 0.25) is 0 Å². The SMILES string of the molecule is CC(C)CCN(CCC(C)C)c1nccc(C#N)c1N. The molecule has 0 amide bonds. The Kier molecular flexibility index (Phi) is 6.30. The number of nitrogens with zero attached hydrogens (tertiary/aromatic N) is 3. The summed E-state index contributed by atoms with van der Waals surface area (Å²) in [6.07, 6.45) is 3.86. The maximum atomic E-state index is 9.08. The second-order valence-corrected chi connectivity index (χ2v) is 6.06. The number of anilines is 2. The lowest BCUT2D eigenvalue weighted by molar-refractivity contribution is 0.533. The number of pyridine rings is 1. The summed E-state index contributed by atoms with van der Waals surface area (Å²) in [4.78, 5) is 6.61. The molecule has 0 aliphatic heterocycles. The van der Waals surface area contributed by atoms with Crippen molar-refractivity contribution in [3.8, 4) is 6.07 Å². The van der Waals surface area contributed by atoms with Gasteiger partial charge in [-0.25, -0.2) is 4.98 Å². The second-order valence-electron chi connectivity index (χ2n) is 6.06. The highest BCUT2D eigenvalue weighted by atomic mass is 15.2. The van der Waals surface area contributed by atoms with Crippen LogP contribution < -0.4 is 10.6 Å². The van der Waals surface area contributed by atoms with Crippen LogP contribution in [0.2, 0.25) is 0 Å². The zero-order valence-corrected chi connectivity index (χ0v) is 13.1. The summed E-state index contributed by atoms with van der Waals surface area (Å²) < 4.78 is 0. The van der Waals surface area contributed by atoms with Crippen molar-refractivity contribution in [2.75, 3.05) is 23.7 Å². The van der Waals surface area contributed by atoms with Crippen LogP contribution in [0.4, 0.5) is 11.5 Å². The quantitative estimate of drug-likeness (QED) is 0.827. The predicted octanol–water partition coefficient (Wildman–Crippen LogP) is 3.43. The van der Waals surface area contributed by atoms with E-state index < -0.39 is 0 Å². The van der Waals surface area contributed by atoms with Gasteiger partial charge in [-0.15, -0.1) is 0 Å². The third-order valence-electron chi connectivity index (χ3n) is 3.34. The standard InChI is InChI=1S/C16H26N4/c1-12(2)6-9-20(10-7-13(3)4)16-15(18)14(11-17)5-8-19-16/h5,8,12-13H,6-7,9-10,18H2,1-4H3. The van der Waals surface area contributed by atoms with Gasteiger partial charge in [0, 0.05) is 19.3 Å². The lowest BCUT2D eigenvalue weighted by Gasteiger charge is -2.26. The molecule has 0 aromatic carbocycles. The maximum absolute atomic E-state index is 9.08. The molecular weight excluding hydrogens is 248 g/mol. The van der Waals surface area contributed by atoms with E-state index in [0.717, 1.165) is 31.7 Å². The average molecular weight is 274 g/mol. The normalized spacial score (nSPS) is 10.8. The van der Waals surface area contributed by atoms with Crippen molar-refractivity contribution >= 4 is 11.5 Å². The van der Waals surface area contributed by atoms with E-state index in [1.54, 1.807) is 12.3 Å². The number of aromatic nitrogens is 1. The van der Waals surface area contributed by atoms with Crippen LogP contribution in [0.25, 0.3) is 0 Å². The highest BCUT2D eigenvalue weighted by Gasteiger charge is 2.15. The molecule has 0 unspecified atom stereocenters. The van der Waals surface area contributed by atoms with Crippen LogP contribution in [0.1, 0.15) is 46.1 Å². The van der Waals surface area contributed by atoms with E-state index in [4.69, 9.17) is 11.0 Å². The number of nitrogens with two attached hydrogens (primary N) is 1. The van der Waals surface area contributed by atoms with Gasteiger partial charge in [-0.05, 0) is 30.7 Å². The summed E-state index contributed by atoms with van der Waals surface area (Å²) in [5.41, 5.74) is 7.09. The fourth-order valence-electron chi connectivity index (χ4n) is 1.96. The molecule has 2 N–H and O–H groups in total. The van der Waals surface area contributed by atoms with E-state index in [9.17, 15) is 0 Å². The highest BCUT2D eigenvalue weighted by molar-refractivity contribution is 5.69. The summed E-state index contributed by atoms with van der Waals surface area (Å²) in [5, 5.41) is 9.08. The molecule has 0 aliphatic rings. The molecule has 0 radical (unpaired) electrons. The van der Waals surface area contributed by atoms with Crippen molar-refractivity contribution in [3.05, 3.63) is 17.8 Å². The fourth-order valence-corrected chi connectivity index (χ4v) is 1.96. The molecule has 0 aliphatic carbocycles. The Hall–Kier alpha value is -1.76. The van der Waals surface area contributed by atoms with E-state index in [1.165, 1.54) is 0 Å². The summed E-state index contributed by atoms with van der Waals surface area (Å²) in [5.74, 6) is 2.03. The van der Waals surface area contributed by atoms with Gasteiger partial charge in [0.05, 0.1) is 11.3 Å². The van der Waals surface area contributed by atoms with Crippen molar-refractivity contribution in [1.29, 1.82) is 5.26 Å². The highest BCUT2D eigenvalue weighted by Crippen LogP contribution is 2.24. The van der Waals surface area contributed by atoms with Gasteiger partial charge in [0.1, 0.15) is 6.07 Å². The average Bonchev–Trinajstić information content (AvgIpc) is 2.39. The topological polar surface area (TPSA) is 65.9 Å². The molecule has 0 fully saturated rings. The molecule has 0 saturated carbocycles. The lowest BCUT2D eigenvalue weighted by atomic mass is 10.1. The van der Waals surface area contributed by atoms with Crippen molar-refractivity contribution < 1.29 is 0 Å². The number of hydrogen-bond acceptors (Lipinski definition) is 4. The van der Waals surface area contributed by atoms with Crippen molar-refractivity contribution in [2.45, 2.75) is 40.5 Å². The number of hydrogen-bond donors (Lipinski definition) is 1. The van der Waals surface area contributed by atoms with Gasteiger partial charge in [-0.3, -0.25) is 0 Å². The Morgan fingerprint density at radius 1 is 1.20 bits per heavy atom. The molecule has 0 spiro atoms. The summed E-state index contributed by atoms with van der Waals surface area (Å²) >= 11 is 0. The third kappa shape index (κ3) is 4.73. The molecule has 4 heteroatoms. The van der Waals surface area contributed by atoms with Gasteiger partial charge < -0.3 is 10.6 Å². The molecule has 1 aromatic heterocycles. The van der Waals surface area contributed by atoms with Gasteiger partial charge in [0.15, 0.2) is 5.82 Å². The molecule has 1 aromatic rings. The van der Waals surface area contributed by atoms with Gasteiger partial charge in [0.25, 0.3) is 0 Å². The first-order valence-electron chi connectivity index (χ1n) is 7.35. The Morgan fingerprint density at radius 3 is 2.20 bits per heavy atom. The molecule has 1 rings (SSSR count). The minimum absolute atomic E-state index is 0.502. The summed E-state index contributed by atoms with van der Waals surface area (Å²) in [6.45, 7) is 10.7.